The molecule has 0 fully saturated rings. The summed E-state index contributed by atoms with van der Waals surface area (Å²) in [5, 5.41) is 4.79. The summed E-state index contributed by atoms with van der Waals surface area (Å²) in [5.41, 5.74) is 3.98. The van der Waals surface area contributed by atoms with E-state index in [1.165, 1.54) is 0 Å². The summed E-state index contributed by atoms with van der Waals surface area (Å²) in [4.78, 5) is 14.9. The van der Waals surface area contributed by atoms with Gasteiger partial charge < -0.3 is 10.3 Å². The summed E-state index contributed by atoms with van der Waals surface area (Å²) in [7, 11) is 0. The Morgan fingerprint density at radius 1 is 1.42 bits per heavy atom. The fraction of sp³-hybridized carbons (Fsp3) is 0.190. The van der Waals surface area contributed by atoms with Crippen molar-refractivity contribution < 1.29 is 4.79 Å². The summed E-state index contributed by atoms with van der Waals surface area (Å²) < 4.78 is 0. The minimum absolute atomic E-state index is 0.290. The molecule has 1 aromatic heterocycles. The standard InChI is InChI=1S/C21H22N2O/c1-5-7-11-21(24)23-19-10-8-9-18(12-19)17(6-2)13-20-15(3)14-22-16(20)4/h6,8-10,12-14,22H,4-5H2,1-3H3,(H,23,24)/b17-6+,20-13-. The number of benzene rings is 1. The molecule has 0 saturated carbocycles. The molecule has 3 heteroatoms. The molecule has 0 aliphatic rings. The van der Waals surface area contributed by atoms with Crippen molar-refractivity contribution in [1.29, 1.82) is 0 Å². The van der Waals surface area contributed by atoms with Crippen molar-refractivity contribution in [2.75, 3.05) is 5.32 Å². The third kappa shape index (κ3) is 4.27. The molecule has 0 radical (unpaired) electrons. The molecule has 122 valence electrons. The monoisotopic (exact) mass is 318 g/mol. The van der Waals surface area contributed by atoms with E-state index in [2.05, 4.69) is 34.8 Å². The van der Waals surface area contributed by atoms with E-state index < -0.39 is 0 Å². The number of rotatable bonds is 3. The molecule has 0 aliphatic heterocycles. The number of aromatic amines is 1. The van der Waals surface area contributed by atoms with E-state index in [4.69, 9.17) is 0 Å². The number of nitrogens with one attached hydrogen (secondary N) is 2. The predicted molar refractivity (Wildman–Crippen MR) is 102 cm³/mol. The van der Waals surface area contributed by atoms with Crippen LogP contribution in [0, 0.1) is 18.8 Å². The molecule has 1 aromatic carbocycles. The van der Waals surface area contributed by atoms with Gasteiger partial charge in [0.25, 0.3) is 5.91 Å². The SMILES string of the molecule is C=c1[nH]cc(C)/c1=C/C(=C\C)c1cccc(NC(=O)C#CCC)c1. The van der Waals surface area contributed by atoms with Crippen molar-refractivity contribution in [2.45, 2.75) is 27.2 Å². The predicted octanol–water partition coefficient (Wildman–Crippen LogP) is 2.97. The van der Waals surface area contributed by atoms with Gasteiger partial charge in [-0.3, -0.25) is 4.79 Å². The zero-order chi connectivity index (χ0) is 17.5. The van der Waals surface area contributed by atoms with Crippen LogP contribution in [-0.2, 0) is 4.79 Å². The lowest BCUT2D eigenvalue weighted by atomic mass is 10.0. The minimum Gasteiger partial charge on any atom is -0.361 e. The molecular weight excluding hydrogens is 296 g/mol. The summed E-state index contributed by atoms with van der Waals surface area (Å²) in [6.07, 6.45) is 6.76. The molecule has 2 rings (SSSR count). The van der Waals surface area contributed by atoms with Crippen molar-refractivity contribution in [2.24, 2.45) is 0 Å². The van der Waals surface area contributed by atoms with E-state index >= 15 is 0 Å². The van der Waals surface area contributed by atoms with Gasteiger partial charge in [-0.05, 0) is 54.7 Å². The lowest BCUT2D eigenvalue weighted by Gasteiger charge is -2.06. The van der Waals surface area contributed by atoms with Gasteiger partial charge in [0, 0.05) is 28.9 Å². The second-order valence-corrected chi connectivity index (χ2v) is 5.44. The van der Waals surface area contributed by atoms with Gasteiger partial charge >= 0.3 is 0 Å². The maximum atomic E-state index is 11.7. The third-order valence-corrected chi connectivity index (χ3v) is 3.66. The summed E-state index contributed by atoms with van der Waals surface area (Å²) in [6.45, 7) is 9.98. The Morgan fingerprint density at radius 2 is 2.21 bits per heavy atom. The maximum absolute atomic E-state index is 11.7. The van der Waals surface area contributed by atoms with Crippen LogP contribution in [0.3, 0.4) is 0 Å². The number of hydrogen-bond donors (Lipinski definition) is 2. The highest BCUT2D eigenvalue weighted by Crippen LogP contribution is 2.20. The van der Waals surface area contributed by atoms with Gasteiger partial charge in [-0.2, -0.15) is 0 Å². The Balaban J connectivity index is 2.35. The number of aromatic nitrogens is 1. The molecule has 0 bridgehead atoms. The number of carbonyl (C=O) groups excluding carboxylic acids is 1. The van der Waals surface area contributed by atoms with Crippen LogP contribution in [0.1, 0.15) is 31.4 Å². The minimum atomic E-state index is -0.290. The highest BCUT2D eigenvalue weighted by molar-refractivity contribution is 6.04. The molecule has 24 heavy (non-hydrogen) atoms. The lowest BCUT2D eigenvalue weighted by molar-refractivity contribution is -0.111. The van der Waals surface area contributed by atoms with Crippen molar-refractivity contribution in [3.63, 3.8) is 0 Å². The van der Waals surface area contributed by atoms with Crippen molar-refractivity contribution in [1.82, 2.24) is 4.98 Å². The molecule has 0 aliphatic carbocycles. The average Bonchev–Trinajstić information content (AvgIpc) is 2.89. The Hall–Kier alpha value is -2.99. The summed E-state index contributed by atoms with van der Waals surface area (Å²) in [5.74, 6) is 5.04. The van der Waals surface area contributed by atoms with E-state index in [1.54, 1.807) is 0 Å². The maximum Gasteiger partial charge on any atom is 0.300 e. The first-order valence-corrected chi connectivity index (χ1v) is 7.96. The highest BCUT2D eigenvalue weighted by atomic mass is 16.1. The van der Waals surface area contributed by atoms with Gasteiger partial charge in [-0.15, -0.1) is 0 Å². The molecule has 0 unspecified atom stereocenters. The Bertz CT molecular complexity index is 936. The number of allylic oxidation sites excluding steroid dienone is 2. The van der Waals surface area contributed by atoms with Gasteiger partial charge in [-0.1, -0.05) is 37.6 Å². The van der Waals surface area contributed by atoms with Gasteiger partial charge in [-0.25, -0.2) is 0 Å². The highest BCUT2D eigenvalue weighted by Gasteiger charge is 2.03. The van der Waals surface area contributed by atoms with Crippen molar-refractivity contribution >= 4 is 29.8 Å². The van der Waals surface area contributed by atoms with Gasteiger partial charge in [0.2, 0.25) is 0 Å². The smallest absolute Gasteiger partial charge is 0.300 e. The van der Waals surface area contributed by atoms with Gasteiger partial charge in [0.15, 0.2) is 0 Å². The average molecular weight is 318 g/mol. The van der Waals surface area contributed by atoms with Crippen molar-refractivity contribution in [3.8, 4) is 11.8 Å². The number of hydrogen-bond acceptors (Lipinski definition) is 1. The fourth-order valence-corrected chi connectivity index (χ4v) is 2.39. The first-order chi connectivity index (χ1) is 11.5. The zero-order valence-electron chi connectivity index (χ0n) is 14.4. The third-order valence-electron chi connectivity index (χ3n) is 3.66. The summed E-state index contributed by atoms with van der Waals surface area (Å²) >= 11 is 0. The number of anilines is 1. The number of amides is 1. The molecule has 1 heterocycles. The molecule has 0 atom stereocenters. The molecule has 3 nitrogen and oxygen atoms in total. The number of H-pyrrole nitrogens is 1. The zero-order valence-corrected chi connectivity index (χ0v) is 14.4. The van der Waals surface area contributed by atoms with Gasteiger partial charge in [0.1, 0.15) is 0 Å². The van der Waals surface area contributed by atoms with Crippen LogP contribution in [0.15, 0.2) is 36.5 Å². The quantitative estimate of drug-likeness (QED) is 0.840. The Labute approximate surface area is 142 Å². The lowest BCUT2D eigenvalue weighted by Crippen LogP contribution is -2.22. The molecule has 0 spiro atoms. The van der Waals surface area contributed by atoms with E-state index in [-0.39, 0.29) is 5.91 Å². The molecule has 2 N–H and O–H groups in total. The van der Waals surface area contributed by atoms with Crippen LogP contribution in [0.5, 0.6) is 0 Å². The number of aryl methyl sites for hydroxylation is 1. The topological polar surface area (TPSA) is 44.9 Å². The van der Waals surface area contributed by atoms with Crippen molar-refractivity contribution in [3.05, 3.63) is 58.2 Å². The van der Waals surface area contributed by atoms with Crippen LogP contribution in [0.2, 0.25) is 0 Å². The Morgan fingerprint density at radius 3 is 2.83 bits per heavy atom. The van der Waals surface area contributed by atoms with E-state index in [1.807, 2.05) is 57.3 Å². The van der Waals surface area contributed by atoms with E-state index in [9.17, 15) is 4.79 Å². The first-order valence-electron chi connectivity index (χ1n) is 7.96. The first kappa shape index (κ1) is 17.4. The normalized spacial score (nSPS) is 11.8. The van der Waals surface area contributed by atoms with Crippen LogP contribution < -0.4 is 15.9 Å². The second kappa shape index (κ2) is 8.03. The second-order valence-electron chi connectivity index (χ2n) is 5.44. The Kier molecular flexibility index (Phi) is 5.81. The molecular formula is C21H22N2O. The number of carbonyl (C=O) groups is 1. The molecule has 0 saturated heterocycles. The fourth-order valence-electron chi connectivity index (χ4n) is 2.39. The molecule has 2 aromatic rings. The molecule has 1 amide bonds. The largest absolute Gasteiger partial charge is 0.361 e. The summed E-state index contributed by atoms with van der Waals surface area (Å²) in [6, 6.07) is 7.74. The van der Waals surface area contributed by atoms with Crippen LogP contribution >= 0.6 is 0 Å². The van der Waals surface area contributed by atoms with E-state index in [0.29, 0.717) is 6.42 Å². The van der Waals surface area contributed by atoms with Crippen LogP contribution in [-0.4, -0.2) is 10.9 Å². The van der Waals surface area contributed by atoms with Crippen LogP contribution in [0.25, 0.3) is 18.2 Å². The van der Waals surface area contributed by atoms with E-state index in [0.717, 1.165) is 33.0 Å². The van der Waals surface area contributed by atoms with Crippen LogP contribution in [0.4, 0.5) is 5.69 Å². The van der Waals surface area contributed by atoms with Gasteiger partial charge in [0.05, 0.1) is 0 Å².